The minimum atomic E-state index is -3.95. The number of methoxy groups -OCH3 is 1. The third-order valence-corrected chi connectivity index (χ3v) is 6.95. The monoisotopic (exact) mass is 472 g/mol. The lowest BCUT2D eigenvalue weighted by molar-refractivity contribution is -0.122. The van der Waals surface area contributed by atoms with Crippen molar-refractivity contribution in [2.75, 3.05) is 23.3 Å². The lowest BCUT2D eigenvalue weighted by Gasteiger charge is -2.34. The van der Waals surface area contributed by atoms with E-state index in [4.69, 9.17) is 21.1 Å². The number of nitrogens with one attached hydrogen (secondary N) is 1. The first-order valence-electron chi connectivity index (χ1n) is 9.81. The predicted octanol–water partition coefficient (Wildman–Crippen LogP) is 4.08. The highest BCUT2D eigenvalue weighted by Crippen LogP contribution is 2.39. The summed E-state index contributed by atoms with van der Waals surface area (Å²) in [5.74, 6) is -0.207. The van der Waals surface area contributed by atoms with Crippen molar-refractivity contribution in [2.24, 2.45) is 0 Å². The van der Waals surface area contributed by atoms with E-state index in [1.807, 2.05) is 6.07 Å². The Hall–Kier alpha value is -3.07. The van der Waals surface area contributed by atoms with Crippen LogP contribution < -0.4 is 14.4 Å². The summed E-state index contributed by atoms with van der Waals surface area (Å²) in [4.78, 5) is 13.1. The number of fused-ring (bicyclic) bond motifs is 1. The summed E-state index contributed by atoms with van der Waals surface area (Å²) in [7, 11) is -2.36. The van der Waals surface area contributed by atoms with Gasteiger partial charge >= 0.3 is 0 Å². The Kier molecular flexibility index (Phi) is 6.36. The average Bonchev–Trinajstić information content (AvgIpc) is 2.79. The maximum Gasteiger partial charge on any atom is 0.267 e. The normalized spacial score (nSPS) is 15.6. The molecule has 0 aromatic heterocycles. The molecular formula is C23H21ClN2O5S. The van der Waals surface area contributed by atoms with Gasteiger partial charge < -0.3 is 14.8 Å². The van der Waals surface area contributed by atoms with Crippen LogP contribution in [0.2, 0.25) is 5.02 Å². The Morgan fingerprint density at radius 3 is 2.66 bits per heavy atom. The molecule has 9 heteroatoms. The van der Waals surface area contributed by atoms with Crippen LogP contribution in [0.25, 0.3) is 0 Å². The van der Waals surface area contributed by atoms with Gasteiger partial charge in [0, 0.05) is 17.8 Å². The molecule has 0 saturated heterocycles. The summed E-state index contributed by atoms with van der Waals surface area (Å²) >= 11 is 6.12. The Balaban J connectivity index is 1.65. The van der Waals surface area contributed by atoms with E-state index in [0.29, 0.717) is 17.3 Å². The highest BCUT2D eigenvalue weighted by Gasteiger charge is 2.37. The van der Waals surface area contributed by atoms with Crippen LogP contribution in [0.15, 0.2) is 77.7 Å². The fourth-order valence-corrected chi connectivity index (χ4v) is 5.09. The van der Waals surface area contributed by atoms with Crippen LogP contribution in [0.1, 0.15) is 5.56 Å². The Morgan fingerprint density at radius 1 is 1.12 bits per heavy atom. The first-order valence-corrected chi connectivity index (χ1v) is 11.6. The number of halogens is 1. The van der Waals surface area contributed by atoms with Gasteiger partial charge in [-0.15, -0.1) is 0 Å². The predicted molar refractivity (Wildman–Crippen MR) is 123 cm³/mol. The molecule has 3 aromatic carbocycles. The van der Waals surface area contributed by atoms with E-state index in [1.165, 1.54) is 22.5 Å². The van der Waals surface area contributed by atoms with E-state index in [1.54, 1.807) is 55.6 Å². The average molecular weight is 473 g/mol. The van der Waals surface area contributed by atoms with Crippen LogP contribution in [0.3, 0.4) is 0 Å². The van der Waals surface area contributed by atoms with Crippen molar-refractivity contribution < 1.29 is 22.7 Å². The quantitative estimate of drug-likeness (QED) is 0.584. The van der Waals surface area contributed by atoms with Gasteiger partial charge in [0.25, 0.3) is 15.9 Å². The molecule has 3 aromatic rings. The van der Waals surface area contributed by atoms with Crippen molar-refractivity contribution in [2.45, 2.75) is 17.6 Å². The third kappa shape index (κ3) is 4.57. The van der Waals surface area contributed by atoms with Crippen molar-refractivity contribution >= 4 is 38.9 Å². The number of sulfonamides is 1. The van der Waals surface area contributed by atoms with Gasteiger partial charge in [0.15, 0.2) is 6.10 Å². The SMILES string of the molecule is COCc1cccc(NC(=O)[C@H]2CN(S(=O)(=O)c3ccccc3)c3cc(Cl)ccc3O2)c1. The molecule has 0 spiro atoms. The fourth-order valence-electron chi connectivity index (χ4n) is 3.44. The molecule has 32 heavy (non-hydrogen) atoms. The van der Waals surface area contributed by atoms with Crippen molar-refractivity contribution in [3.8, 4) is 5.75 Å². The van der Waals surface area contributed by atoms with Gasteiger partial charge in [-0.2, -0.15) is 0 Å². The van der Waals surface area contributed by atoms with Crippen LogP contribution in [-0.4, -0.2) is 34.1 Å². The molecule has 0 aliphatic carbocycles. The van der Waals surface area contributed by atoms with E-state index in [0.717, 1.165) is 5.56 Å². The van der Waals surface area contributed by atoms with E-state index in [9.17, 15) is 13.2 Å². The molecule has 0 saturated carbocycles. The van der Waals surface area contributed by atoms with Gasteiger partial charge in [0.05, 0.1) is 23.7 Å². The standard InChI is InChI=1S/C23H21ClN2O5S/c1-30-15-16-6-5-7-18(12-16)25-23(27)22-14-26(20-13-17(24)10-11-21(20)31-22)32(28,29)19-8-3-2-4-9-19/h2-13,22H,14-15H2,1H3,(H,25,27)/t22-/m1/s1. The zero-order valence-electron chi connectivity index (χ0n) is 17.2. The molecule has 4 rings (SSSR count). The summed E-state index contributed by atoms with van der Waals surface area (Å²) in [6.07, 6.45) is -1.06. The number of ether oxygens (including phenoxy) is 2. The lowest BCUT2D eigenvalue weighted by atomic mass is 10.2. The number of anilines is 2. The van der Waals surface area contributed by atoms with Gasteiger partial charge in [-0.05, 0) is 48.0 Å². The lowest BCUT2D eigenvalue weighted by Crippen LogP contribution is -2.48. The maximum atomic E-state index is 13.4. The number of nitrogens with zero attached hydrogens (tertiary/aromatic N) is 1. The van der Waals surface area contributed by atoms with E-state index >= 15 is 0 Å². The smallest absolute Gasteiger partial charge is 0.267 e. The molecule has 1 aliphatic rings. The van der Waals surface area contributed by atoms with E-state index in [2.05, 4.69) is 5.32 Å². The van der Waals surface area contributed by atoms with Gasteiger partial charge in [0.1, 0.15) is 5.75 Å². The van der Waals surface area contributed by atoms with Crippen molar-refractivity contribution in [1.82, 2.24) is 0 Å². The van der Waals surface area contributed by atoms with Crippen LogP contribution in [0.5, 0.6) is 5.75 Å². The highest BCUT2D eigenvalue weighted by atomic mass is 35.5. The van der Waals surface area contributed by atoms with Gasteiger partial charge in [-0.1, -0.05) is 41.9 Å². The van der Waals surface area contributed by atoms with E-state index in [-0.39, 0.29) is 22.9 Å². The minimum Gasteiger partial charge on any atom is -0.476 e. The number of amides is 1. The summed E-state index contributed by atoms with van der Waals surface area (Å²) in [6.45, 7) is 0.203. The van der Waals surface area contributed by atoms with Crippen molar-refractivity contribution in [1.29, 1.82) is 0 Å². The molecule has 1 N–H and O–H groups in total. The number of benzene rings is 3. The number of hydrogen-bond donors (Lipinski definition) is 1. The van der Waals surface area contributed by atoms with Crippen LogP contribution in [0.4, 0.5) is 11.4 Å². The molecule has 1 heterocycles. The molecule has 1 amide bonds. The second kappa shape index (κ2) is 9.20. The van der Waals surface area contributed by atoms with Gasteiger partial charge in [-0.25, -0.2) is 8.42 Å². The number of carbonyl (C=O) groups excluding carboxylic acids is 1. The first kappa shape index (κ1) is 22.1. The number of rotatable bonds is 6. The van der Waals surface area contributed by atoms with Gasteiger partial charge in [-0.3, -0.25) is 9.10 Å². The Bertz CT molecular complexity index is 1230. The minimum absolute atomic E-state index is 0.110. The summed E-state index contributed by atoms with van der Waals surface area (Å²) < 4.78 is 38.9. The van der Waals surface area contributed by atoms with Crippen LogP contribution in [0, 0.1) is 0 Å². The molecule has 1 aliphatic heterocycles. The fraction of sp³-hybridized carbons (Fsp3) is 0.174. The molecule has 0 fully saturated rings. The molecule has 1 atom stereocenters. The summed E-state index contributed by atoms with van der Waals surface area (Å²) in [5, 5.41) is 3.16. The largest absolute Gasteiger partial charge is 0.476 e. The molecular weight excluding hydrogens is 452 g/mol. The Labute approximate surface area is 191 Å². The third-order valence-electron chi connectivity index (χ3n) is 4.92. The molecule has 166 valence electrons. The first-order chi connectivity index (χ1) is 15.4. The topological polar surface area (TPSA) is 84.9 Å². The zero-order valence-corrected chi connectivity index (χ0v) is 18.8. The molecule has 0 unspecified atom stereocenters. The highest BCUT2D eigenvalue weighted by molar-refractivity contribution is 7.92. The molecule has 0 radical (unpaired) electrons. The summed E-state index contributed by atoms with van der Waals surface area (Å²) in [5.41, 5.74) is 1.74. The van der Waals surface area contributed by atoms with Crippen LogP contribution >= 0.6 is 11.6 Å². The zero-order chi connectivity index (χ0) is 22.7. The number of hydrogen-bond acceptors (Lipinski definition) is 5. The van der Waals surface area contributed by atoms with Gasteiger partial charge in [0.2, 0.25) is 0 Å². The molecule has 0 bridgehead atoms. The van der Waals surface area contributed by atoms with E-state index < -0.39 is 22.0 Å². The molecule has 7 nitrogen and oxygen atoms in total. The summed E-state index contributed by atoms with van der Waals surface area (Å²) in [6, 6.07) is 19.9. The van der Waals surface area contributed by atoms with Crippen LogP contribution in [-0.2, 0) is 26.2 Å². The second-order valence-electron chi connectivity index (χ2n) is 7.19. The Morgan fingerprint density at radius 2 is 1.91 bits per heavy atom. The van der Waals surface area contributed by atoms with Crippen molar-refractivity contribution in [3.63, 3.8) is 0 Å². The number of carbonyl (C=O) groups is 1. The second-order valence-corrected chi connectivity index (χ2v) is 9.49. The van der Waals surface area contributed by atoms with Crippen molar-refractivity contribution in [3.05, 3.63) is 83.4 Å². The maximum absolute atomic E-state index is 13.4.